The van der Waals surface area contributed by atoms with Gasteiger partial charge in [0.2, 0.25) is 0 Å². The van der Waals surface area contributed by atoms with Crippen LogP contribution < -0.4 is 0 Å². The van der Waals surface area contributed by atoms with Gasteiger partial charge in [-0.3, -0.25) is 4.79 Å². The van der Waals surface area contributed by atoms with Crippen LogP contribution in [0.1, 0.15) is 72.6 Å². The molecule has 0 aromatic rings. The fourth-order valence-corrected chi connectivity index (χ4v) is 5.63. The van der Waals surface area contributed by atoms with E-state index in [1.807, 2.05) is 27.7 Å². The second kappa shape index (κ2) is 10.0. The fourth-order valence-electron chi connectivity index (χ4n) is 5.63. The summed E-state index contributed by atoms with van der Waals surface area (Å²) in [5.74, 6) is -1.72. The van der Waals surface area contributed by atoms with Crippen molar-refractivity contribution in [1.82, 2.24) is 0 Å². The summed E-state index contributed by atoms with van der Waals surface area (Å²) in [5, 5.41) is 11.4. The summed E-state index contributed by atoms with van der Waals surface area (Å²) < 4.78 is 42.7. The second-order valence-electron chi connectivity index (χ2n) is 9.58. The number of methoxy groups -OCH3 is 1. The number of carbonyl (C=O) groups is 1. The fraction of sp³-hybridized carbons (Fsp3) is 0.958. The van der Waals surface area contributed by atoms with Crippen LogP contribution >= 0.6 is 0 Å². The first-order valence-corrected chi connectivity index (χ1v) is 12.6. The van der Waals surface area contributed by atoms with Crippen molar-refractivity contribution < 1.29 is 43.1 Å². The molecule has 9 nitrogen and oxygen atoms in total. The van der Waals surface area contributed by atoms with Gasteiger partial charge in [-0.25, -0.2) is 0 Å². The third-order valence-electron chi connectivity index (χ3n) is 7.87. The maximum Gasteiger partial charge on any atom is 0.308 e. The lowest BCUT2D eigenvalue weighted by Crippen LogP contribution is -2.63. The highest BCUT2D eigenvalue weighted by Crippen LogP contribution is 2.46. The van der Waals surface area contributed by atoms with Crippen LogP contribution in [-0.2, 0) is 38.0 Å². The summed E-state index contributed by atoms with van der Waals surface area (Å²) in [7, 11) is 1.38. The van der Waals surface area contributed by atoms with E-state index < -0.39 is 42.1 Å². The summed E-state index contributed by atoms with van der Waals surface area (Å²) in [5.41, 5.74) is 0. The van der Waals surface area contributed by atoms with E-state index in [2.05, 4.69) is 0 Å². The largest absolute Gasteiger partial charge is 0.469 e. The van der Waals surface area contributed by atoms with Crippen molar-refractivity contribution in [2.75, 3.05) is 13.7 Å². The SMILES string of the molecule is CCC1(CC)O[C@@H]2[C@H](O1)[C@H]([C@@H](O)[C@H]1COC(CC)(CC)O1)O[C@H]1CC[C@H](CC(=O)OC)O[C@H]21. The monoisotopic (exact) mass is 472 g/mol. The maximum atomic E-state index is 11.8. The number of hydrogen-bond acceptors (Lipinski definition) is 9. The average molecular weight is 473 g/mol. The smallest absolute Gasteiger partial charge is 0.308 e. The number of esters is 1. The Morgan fingerprint density at radius 3 is 2.21 bits per heavy atom. The normalized spacial score (nSPS) is 40.1. The standard InChI is InChI=1S/C24H40O9/c1-6-23(7-2)28-13-16(31-23)18(26)20-22-21(32-24(8-3,9-4)33-22)19-15(30-20)11-10-14(29-19)12-17(25)27-5/h14-16,18-22,26H,6-13H2,1-5H3/t14-,15+,16-,18+,19+,20+,21+,22-/m1/s1. The molecule has 190 valence electrons. The average Bonchev–Trinajstić information content (AvgIpc) is 3.46. The first kappa shape index (κ1) is 25.3. The third-order valence-corrected chi connectivity index (χ3v) is 7.87. The molecule has 0 aromatic carbocycles. The highest BCUT2D eigenvalue weighted by Gasteiger charge is 2.61. The van der Waals surface area contributed by atoms with E-state index in [9.17, 15) is 9.90 Å². The molecule has 9 heteroatoms. The molecule has 0 spiro atoms. The Bertz CT molecular complexity index is 677. The quantitative estimate of drug-likeness (QED) is 0.534. The van der Waals surface area contributed by atoms with Crippen LogP contribution in [-0.4, -0.2) is 85.2 Å². The molecule has 4 fully saturated rings. The number of aliphatic hydroxyl groups is 1. The van der Waals surface area contributed by atoms with Gasteiger partial charge in [-0.2, -0.15) is 0 Å². The van der Waals surface area contributed by atoms with Gasteiger partial charge >= 0.3 is 5.97 Å². The van der Waals surface area contributed by atoms with Gasteiger partial charge in [0.1, 0.15) is 36.6 Å². The lowest BCUT2D eigenvalue weighted by molar-refractivity contribution is -0.265. The molecule has 0 amide bonds. The summed E-state index contributed by atoms with van der Waals surface area (Å²) in [6.07, 6.45) is 0.411. The molecule has 4 heterocycles. The molecule has 0 bridgehead atoms. The lowest BCUT2D eigenvalue weighted by atomic mass is 9.86. The van der Waals surface area contributed by atoms with Crippen molar-refractivity contribution in [3.8, 4) is 0 Å². The minimum absolute atomic E-state index is 0.195. The van der Waals surface area contributed by atoms with E-state index in [4.69, 9.17) is 33.2 Å². The van der Waals surface area contributed by atoms with Crippen molar-refractivity contribution in [3.63, 3.8) is 0 Å². The van der Waals surface area contributed by atoms with E-state index >= 15 is 0 Å². The molecule has 4 saturated heterocycles. The predicted octanol–water partition coefficient (Wildman–Crippen LogP) is 2.46. The van der Waals surface area contributed by atoms with Gasteiger partial charge in [0.15, 0.2) is 11.6 Å². The number of fused-ring (bicyclic) bond motifs is 3. The molecule has 0 radical (unpaired) electrons. The number of rotatable bonds is 8. The van der Waals surface area contributed by atoms with Gasteiger partial charge < -0.3 is 38.3 Å². The van der Waals surface area contributed by atoms with Gasteiger partial charge in [-0.05, 0) is 38.5 Å². The molecule has 4 rings (SSSR count). The summed E-state index contributed by atoms with van der Waals surface area (Å²) in [4.78, 5) is 11.8. The van der Waals surface area contributed by atoms with E-state index in [1.54, 1.807) is 0 Å². The van der Waals surface area contributed by atoms with Gasteiger partial charge in [0.25, 0.3) is 0 Å². The van der Waals surface area contributed by atoms with Crippen LogP contribution in [0.25, 0.3) is 0 Å². The summed E-state index contributed by atoms with van der Waals surface area (Å²) in [6, 6.07) is 0. The van der Waals surface area contributed by atoms with Crippen LogP contribution in [0.5, 0.6) is 0 Å². The number of carbonyl (C=O) groups excluding carboxylic acids is 1. The molecule has 0 aliphatic carbocycles. The molecular formula is C24H40O9. The molecule has 4 aliphatic heterocycles. The molecular weight excluding hydrogens is 432 g/mol. The number of aliphatic hydroxyl groups excluding tert-OH is 1. The summed E-state index contributed by atoms with van der Waals surface area (Å²) in [6.45, 7) is 8.39. The highest BCUT2D eigenvalue weighted by atomic mass is 16.8. The molecule has 1 N–H and O–H groups in total. The lowest BCUT2D eigenvalue weighted by Gasteiger charge is -2.47. The van der Waals surface area contributed by atoms with Gasteiger partial charge in [0.05, 0.1) is 32.3 Å². The van der Waals surface area contributed by atoms with Gasteiger partial charge in [-0.15, -0.1) is 0 Å². The van der Waals surface area contributed by atoms with E-state index in [-0.39, 0.29) is 30.7 Å². The zero-order valence-corrected chi connectivity index (χ0v) is 20.5. The van der Waals surface area contributed by atoms with Crippen LogP contribution in [0.15, 0.2) is 0 Å². The van der Waals surface area contributed by atoms with E-state index in [0.717, 1.165) is 0 Å². The second-order valence-corrected chi connectivity index (χ2v) is 9.58. The molecule has 0 saturated carbocycles. The van der Waals surface area contributed by atoms with Crippen LogP contribution in [0, 0.1) is 0 Å². The van der Waals surface area contributed by atoms with Crippen molar-refractivity contribution in [3.05, 3.63) is 0 Å². The van der Waals surface area contributed by atoms with Crippen molar-refractivity contribution in [2.45, 2.75) is 133 Å². The zero-order chi connectivity index (χ0) is 23.8. The first-order chi connectivity index (χ1) is 15.8. The Hall–Kier alpha value is -0.810. The van der Waals surface area contributed by atoms with E-state index in [1.165, 1.54) is 7.11 Å². The van der Waals surface area contributed by atoms with Crippen LogP contribution in [0.2, 0.25) is 0 Å². The first-order valence-electron chi connectivity index (χ1n) is 12.6. The molecule has 33 heavy (non-hydrogen) atoms. The zero-order valence-electron chi connectivity index (χ0n) is 20.5. The Balaban J connectivity index is 1.54. The van der Waals surface area contributed by atoms with Crippen molar-refractivity contribution in [1.29, 1.82) is 0 Å². The Kier molecular flexibility index (Phi) is 7.70. The van der Waals surface area contributed by atoms with Crippen LogP contribution in [0.4, 0.5) is 0 Å². The van der Waals surface area contributed by atoms with Crippen molar-refractivity contribution in [2.24, 2.45) is 0 Å². The molecule has 0 aromatic heterocycles. The molecule has 8 atom stereocenters. The Morgan fingerprint density at radius 1 is 0.939 bits per heavy atom. The highest BCUT2D eigenvalue weighted by molar-refractivity contribution is 5.69. The Labute approximate surface area is 196 Å². The van der Waals surface area contributed by atoms with Gasteiger partial charge in [0, 0.05) is 0 Å². The molecule has 4 aliphatic rings. The summed E-state index contributed by atoms with van der Waals surface area (Å²) >= 11 is 0. The van der Waals surface area contributed by atoms with Crippen LogP contribution in [0.3, 0.4) is 0 Å². The predicted molar refractivity (Wildman–Crippen MR) is 116 cm³/mol. The minimum atomic E-state index is -0.931. The number of hydrogen-bond donors (Lipinski definition) is 1. The number of ether oxygens (including phenoxy) is 7. The third kappa shape index (κ3) is 4.70. The maximum absolute atomic E-state index is 11.8. The van der Waals surface area contributed by atoms with Crippen molar-refractivity contribution >= 4 is 5.97 Å². The molecule has 0 unspecified atom stereocenters. The minimum Gasteiger partial charge on any atom is -0.469 e. The van der Waals surface area contributed by atoms with E-state index in [0.29, 0.717) is 45.1 Å². The Morgan fingerprint density at radius 2 is 1.61 bits per heavy atom. The van der Waals surface area contributed by atoms with Gasteiger partial charge in [-0.1, -0.05) is 27.7 Å². The topological polar surface area (TPSA) is 102 Å².